The number of benzene rings is 1. The molecular weight excluding hydrogens is 310 g/mol. The minimum Gasteiger partial charge on any atom is -0.353 e. The Kier molecular flexibility index (Phi) is 4.67. The van der Waals surface area contributed by atoms with E-state index in [0.717, 1.165) is 31.4 Å². The molecule has 1 aliphatic heterocycles. The first-order chi connectivity index (χ1) is 11.9. The number of amides is 1. The maximum absolute atomic E-state index is 13.1. The highest BCUT2D eigenvalue weighted by Gasteiger charge is 2.30. The summed E-state index contributed by atoms with van der Waals surface area (Å²) in [5, 5.41) is 9.27. The Morgan fingerprint density at radius 2 is 1.92 bits per heavy atom. The quantitative estimate of drug-likeness (QED) is 0.844. The van der Waals surface area contributed by atoms with Crippen LogP contribution in [-0.2, 0) is 12.5 Å². The monoisotopic (exact) mass is 335 g/mol. The van der Waals surface area contributed by atoms with Crippen molar-refractivity contribution in [2.45, 2.75) is 44.6 Å². The molecule has 1 amide bonds. The van der Waals surface area contributed by atoms with E-state index in [1.807, 2.05) is 62.3 Å². The van der Waals surface area contributed by atoms with E-state index in [-0.39, 0.29) is 11.9 Å². The molecule has 1 atom stereocenters. The Balaban J connectivity index is 1.86. The lowest BCUT2D eigenvalue weighted by Gasteiger charge is -2.36. The number of piperidine rings is 1. The van der Waals surface area contributed by atoms with Gasteiger partial charge in [-0.15, -0.1) is 0 Å². The number of carbonyl (C=O) groups is 1. The van der Waals surface area contributed by atoms with Gasteiger partial charge in [0.05, 0.1) is 17.5 Å². The molecule has 25 heavy (non-hydrogen) atoms. The smallest absolute Gasteiger partial charge is 0.254 e. The average Bonchev–Trinajstić information content (AvgIpc) is 3.07. The molecule has 4 heteroatoms. The molecular formula is C21H25N3O. The number of nitriles is 1. The lowest BCUT2D eigenvalue weighted by molar-refractivity contribution is 0.0602. The summed E-state index contributed by atoms with van der Waals surface area (Å²) in [6.45, 7) is 4.57. The second-order valence-electron chi connectivity index (χ2n) is 7.37. The molecule has 1 fully saturated rings. The van der Waals surface area contributed by atoms with Gasteiger partial charge in [0.25, 0.3) is 5.91 Å². The second-order valence-corrected chi connectivity index (χ2v) is 7.37. The Labute approximate surface area is 149 Å². The maximum Gasteiger partial charge on any atom is 0.254 e. The van der Waals surface area contributed by atoms with Crippen molar-refractivity contribution in [3.05, 3.63) is 59.4 Å². The third-order valence-electron chi connectivity index (χ3n) is 5.22. The van der Waals surface area contributed by atoms with Crippen molar-refractivity contribution < 1.29 is 4.79 Å². The minimum atomic E-state index is -0.543. The van der Waals surface area contributed by atoms with Gasteiger partial charge in [0, 0.05) is 31.0 Å². The van der Waals surface area contributed by atoms with Crippen LogP contribution in [0.5, 0.6) is 0 Å². The van der Waals surface area contributed by atoms with Crippen LogP contribution in [0.25, 0.3) is 0 Å². The molecule has 0 bridgehead atoms. The summed E-state index contributed by atoms with van der Waals surface area (Å²) in [4.78, 5) is 15.1. The molecule has 1 aliphatic rings. The molecule has 0 spiro atoms. The minimum absolute atomic E-state index is 0.0761. The van der Waals surface area contributed by atoms with Gasteiger partial charge in [-0.3, -0.25) is 4.79 Å². The third kappa shape index (κ3) is 3.32. The molecule has 1 saturated heterocycles. The van der Waals surface area contributed by atoms with Gasteiger partial charge in [0.1, 0.15) is 0 Å². The fraction of sp³-hybridized carbons (Fsp3) is 0.429. The van der Waals surface area contributed by atoms with E-state index in [1.165, 1.54) is 5.69 Å². The molecule has 0 N–H and O–H groups in total. The molecule has 0 radical (unpaired) electrons. The SMILES string of the molecule is Cn1cccc1C1CCCCN1C(=O)c1ccc(C(C)(C)C#N)cc1. The van der Waals surface area contributed by atoms with Crippen LogP contribution in [0.4, 0.5) is 0 Å². The van der Waals surface area contributed by atoms with Crippen molar-refractivity contribution >= 4 is 5.91 Å². The first kappa shape index (κ1) is 17.3. The predicted octanol–water partition coefficient (Wildman–Crippen LogP) is 4.19. The summed E-state index contributed by atoms with van der Waals surface area (Å²) in [6.07, 6.45) is 5.23. The van der Waals surface area contributed by atoms with E-state index < -0.39 is 5.41 Å². The zero-order chi connectivity index (χ0) is 18.0. The van der Waals surface area contributed by atoms with Crippen molar-refractivity contribution in [3.63, 3.8) is 0 Å². The van der Waals surface area contributed by atoms with E-state index in [9.17, 15) is 10.1 Å². The number of aryl methyl sites for hydroxylation is 1. The van der Waals surface area contributed by atoms with Gasteiger partial charge in [-0.25, -0.2) is 0 Å². The molecule has 2 aromatic rings. The standard InChI is InChI=1S/C21H25N3O/c1-21(2,15-22)17-11-9-16(10-12-17)20(25)24-14-5-4-7-19(24)18-8-6-13-23(18)3/h6,8-13,19H,4-5,7,14H2,1-3H3. The summed E-state index contributed by atoms with van der Waals surface area (Å²) in [5.41, 5.74) is 2.27. The fourth-order valence-corrected chi connectivity index (χ4v) is 3.56. The molecule has 4 nitrogen and oxygen atoms in total. The van der Waals surface area contributed by atoms with Gasteiger partial charge in [0.15, 0.2) is 0 Å². The Morgan fingerprint density at radius 1 is 1.20 bits per heavy atom. The van der Waals surface area contributed by atoms with Crippen LogP contribution >= 0.6 is 0 Å². The van der Waals surface area contributed by atoms with Crippen molar-refractivity contribution in [1.29, 1.82) is 5.26 Å². The molecule has 2 heterocycles. The van der Waals surface area contributed by atoms with Gasteiger partial charge in [-0.1, -0.05) is 12.1 Å². The topological polar surface area (TPSA) is 49.0 Å². The van der Waals surface area contributed by atoms with E-state index in [4.69, 9.17) is 0 Å². The second kappa shape index (κ2) is 6.76. The van der Waals surface area contributed by atoms with Gasteiger partial charge >= 0.3 is 0 Å². The summed E-state index contributed by atoms with van der Waals surface area (Å²) in [5.74, 6) is 0.0761. The zero-order valence-electron chi connectivity index (χ0n) is 15.2. The van der Waals surface area contributed by atoms with E-state index in [1.54, 1.807) is 0 Å². The highest BCUT2D eigenvalue weighted by Crippen LogP contribution is 2.32. The molecule has 1 unspecified atom stereocenters. The Bertz CT molecular complexity index is 795. The zero-order valence-corrected chi connectivity index (χ0v) is 15.2. The van der Waals surface area contributed by atoms with Crippen molar-refractivity contribution in [3.8, 4) is 6.07 Å². The first-order valence-corrected chi connectivity index (χ1v) is 8.88. The van der Waals surface area contributed by atoms with E-state index in [2.05, 4.69) is 16.7 Å². The van der Waals surface area contributed by atoms with Crippen molar-refractivity contribution in [2.24, 2.45) is 7.05 Å². The molecule has 1 aromatic heterocycles. The number of hydrogen-bond acceptors (Lipinski definition) is 2. The van der Waals surface area contributed by atoms with Gasteiger partial charge in [-0.05, 0) is 62.9 Å². The normalized spacial score (nSPS) is 18.0. The highest BCUT2D eigenvalue weighted by atomic mass is 16.2. The van der Waals surface area contributed by atoms with E-state index in [0.29, 0.717) is 5.56 Å². The molecule has 130 valence electrons. The number of likely N-dealkylation sites (tertiary alicyclic amines) is 1. The number of nitrogens with zero attached hydrogens (tertiary/aromatic N) is 3. The van der Waals surface area contributed by atoms with Crippen LogP contribution in [0.3, 0.4) is 0 Å². The summed E-state index contributed by atoms with van der Waals surface area (Å²) in [6, 6.07) is 14.1. The maximum atomic E-state index is 13.1. The summed E-state index contributed by atoms with van der Waals surface area (Å²) < 4.78 is 2.11. The molecule has 1 aromatic carbocycles. The predicted molar refractivity (Wildman–Crippen MR) is 98.1 cm³/mol. The Morgan fingerprint density at radius 3 is 2.52 bits per heavy atom. The van der Waals surface area contributed by atoms with Crippen molar-refractivity contribution in [1.82, 2.24) is 9.47 Å². The lowest BCUT2D eigenvalue weighted by atomic mass is 9.86. The fourth-order valence-electron chi connectivity index (χ4n) is 3.56. The van der Waals surface area contributed by atoms with Crippen LogP contribution in [0.15, 0.2) is 42.6 Å². The lowest BCUT2D eigenvalue weighted by Crippen LogP contribution is -2.39. The number of rotatable bonds is 3. The molecule has 0 aliphatic carbocycles. The van der Waals surface area contributed by atoms with E-state index >= 15 is 0 Å². The number of aromatic nitrogens is 1. The molecule has 0 saturated carbocycles. The van der Waals surface area contributed by atoms with Crippen LogP contribution in [0.2, 0.25) is 0 Å². The van der Waals surface area contributed by atoms with Crippen LogP contribution in [-0.4, -0.2) is 21.9 Å². The molecule has 3 rings (SSSR count). The third-order valence-corrected chi connectivity index (χ3v) is 5.22. The number of hydrogen-bond donors (Lipinski definition) is 0. The average molecular weight is 335 g/mol. The Hall–Kier alpha value is -2.54. The van der Waals surface area contributed by atoms with Crippen LogP contribution < -0.4 is 0 Å². The summed E-state index contributed by atoms with van der Waals surface area (Å²) >= 11 is 0. The van der Waals surface area contributed by atoms with Gasteiger partial charge < -0.3 is 9.47 Å². The largest absolute Gasteiger partial charge is 0.353 e. The van der Waals surface area contributed by atoms with Gasteiger partial charge in [0.2, 0.25) is 0 Å². The summed E-state index contributed by atoms with van der Waals surface area (Å²) in [7, 11) is 2.03. The van der Waals surface area contributed by atoms with Crippen LogP contribution in [0, 0.1) is 11.3 Å². The van der Waals surface area contributed by atoms with Crippen LogP contribution in [0.1, 0.15) is 60.8 Å². The highest BCUT2D eigenvalue weighted by molar-refractivity contribution is 5.94. The first-order valence-electron chi connectivity index (χ1n) is 8.88. The van der Waals surface area contributed by atoms with Crippen molar-refractivity contribution in [2.75, 3.05) is 6.54 Å². The number of carbonyl (C=O) groups excluding carboxylic acids is 1. The van der Waals surface area contributed by atoms with Gasteiger partial charge in [-0.2, -0.15) is 5.26 Å².